The lowest BCUT2D eigenvalue weighted by Crippen LogP contribution is -2.32. The van der Waals surface area contributed by atoms with Gasteiger partial charge in [-0.15, -0.1) is 0 Å². The van der Waals surface area contributed by atoms with Crippen LogP contribution in [-0.2, 0) is 4.74 Å². The zero-order chi connectivity index (χ0) is 15.0. The van der Waals surface area contributed by atoms with E-state index in [0.29, 0.717) is 28.5 Å². The van der Waals surface area contributed by atoms with E-state index in [4.69, 9.17) is 4.74 Å². The molecule has 21 heavy (non-hydrogen) atoms. The molecule has 1 aromatic heterocycles. The number of ether oxygens (including phenoxy) is 1. The van der Waals surface area contributed by atoms with Crippen LogP contribution in [0.5, 0.6) is 0 Å². The number of aromatic amines is 1. The third kappa shape index (κ3) is 2.37. The second-order valence-corrected chi connectivity index (χ2v) is 5.30. The standard InChI is InChI=1S/C15H17N3O3/c1-9-4-3-7-18(9)13-14(19)17-11-6-5-10(15(20)21-2)8-12(11)16-13/h5-6,8-9H,3-4,7H2,1-2H3,(H,17,19)/t9-/m1/s1. The van der Waals surface area contributed by atoms with E-state index < -0.39 is 5.97 Å². The highest BCUT2D eigenvalue weighted by Crippen LogP contribution is 2.22. The van der Waals surface area contributed by atoms with Crippen molar-refractivity contribution < 1.29 is 9.53 Å². The fourth-order valence-corrected chi connectivity index (χ4v) is 2.76. The maximum absolute atomic E-state index is 12.2. The topological polar surface area (TPSA) is 75.3 Å². The zero-order valence-corrected chi connectivity index (χ0v) is 12.0. The largest absolute Gasteiger partial charge is 0.465 e. The summed E-state index contributed by atoms with van der Waals surface area (Å²) in [4.78, 5) is 33.1. The summed E-state index contributed by atoms with van der Waals surface area (Å²) >= 11 is 0. The molecule has 0 radical (unpaired) electrons. The Morgan fingerprint density at radius 2 is 2.29 bits per heavy atom. The normalized spacial score (nSPS) is 18.2. The van der Waals surface area contributed by atoms with Crippen LogP contribution in [0.2, 0.25) is 0 Å². The maximum Gasteiger partial charge on any atom is 0.337 e. The molecule has 0 bridgehead atoms. The number of nitrogens with zero attached hydrogens (tertiary/aromatic N) is 2. The maximum atomic E-state index is 12.2. The third-order valence-corrected chi connectivity index (χ3v) is 3.92. The minimum Gasteiger partial charge on any atom is -0.465 e. The first-order valence-corrected chi connectivity index (χ1v) is 6.99. The molecule has 1 saturated heterocycles. The summed E-state index contributed by atoms with van der Waals surface area (Å²) in [5.41, 5.74) is 1.43. The highest BCUT2D eigenvalue weighted by Gasteiger charge is 2.24. The SMILES string of the molecule is COC(=O)c1ccc2[nH]c(=O)c(N3CCC[C@H]3C)nc2c1. The second kappa shape index (κ2) is 5.20. The number of fused-ring (bicyclic) bond motifs is 1. The number of anilines is 1. The van der Waals surface area contributed by atoms with Crippen molar-refractivity contribution in [2.45, 2.75) is 25.8 Å². The van der Waals surface area contributed by atoms with Gasteiger partial charge in [0.15, 0.2) is 5.82 Å². The summed E-state index contributed by atoms with van der Waals surface area (Å²) < 4.78 is 4.71. The number of carbonyl (C=O) groups excluding carboxylic acids is 1. The molecule has 0 aliphatic carbocycles. The number of rotatable bonds is 2. The van der Waals surface area contributed by atoms with Crippen LogP contribution < -0.4 is 10.5 Å². The smallest absolute Gasteiger partial charge is 0.337 e. The Morgan fingerprint density at radius 1 is 1.48 bits per heavy atom. The molecule has 3 rings (SSSR count). The van der Waals surface area contributed by atoms with Gasteiger partial charge in [0.25, 0.3) is 5.56 Å². The van der Waals surface area contributed by atoms with Crippen LogP contribution in [0.3, 0.4) is 0 Å². The van der Waals surface area contributed by atoms with Gasteiger partial charge in [0, 0.05) is 12.6 Å². The van der Waals surface area contributed by atoms with Crippen LogP contribution in [0.15, 0.2) is 23.0 Å². The molecule has 1 atom stereocenters. The summed E-state index contributed by atoms with van der Waals surface area (Å²) in [5.74, 6) is 0.00973. The molecule has 1 fully saturated rings. The number of hydrogen-bond donors (Lipinski definition) is 1. The Balaban J connectivity index is 2.11. The van der Waals surface area contributed by atoms with Gasteiger partial charge < -0.3 is 14.6 Å². The number of aromatic nitrogens is 2. The number of benzene rings is 1. The molecule has 2 aromatic rings. The van der Waals surface area contributed by atoms with Gasteiger partial charge in [-0.25, -0.2) is 9.78 Å². The first-order valence-electron chi connectivity index (χ1n) is 6.99. The van der Waals surface area contributed by atoms with E-state index in [0.717, 1.165) is 19.4 Å². The lowest BCUT2D eigenvalue weighted by molar-refractivity contribution is 0.0601. The monoisotopic (exact) mass is 287 g/mol. The van der Waals surface area contributed by atoms with Gasteiger partial charge >= 0.3 is 5.97 Å². The number of nitrogens with one attached hydrogen (secondary N) is 1. The molecule has 1 aliphatic heterocycles. The van der Waals surface area contributed by atoms with Gasteiger partial charge in [0.05, 0.1) is 23.7 Å². The van der Waals surface area contributed by atoms with E-state index in [1.807, 2.05) is 4.90 Å². The fourth-order valence-electron chi connectivity index (χ4n) is 2.76. The zero-order valence-electron chi connectivity index (χ0n) is 12.0. The Labute approximate surface area is 121 Å². The first-order chi connectivity index (χ1) is 10.1. The van der Waals surface area contributed by atoms with Crippen molar-refractivity contribution in [2.75, 3.05) is 18.6 Å². The Bertz CT molecular complexity index is 753. The van der Waals surface area contributed by atoms with Gasteiger partial charge in [-0.1, -0.05) is 0 Å². The summed E-state index contributed by atoms with van der Waals surface area (Å²) in [6.07, 6.45) is 2.11. The molecule has 0 saturated carbocycles. The van der Waals surface area contributed by atoms with Crippen LogP contribution in [0, 0.1) is 0 Å². The Hall–Kier alpha value is -2.37. The summed E-state index contributed by atoms with van der Waals surface area (Å²) in [5, 5.41) is 0. The summed E-state index contributed by atoms with van der Waals surface area (Å²) in [6, 6.07) is 5.23. The van der Waals surface area contributed by atoms with Gasteiger partial charge in [0.1, 0.15) is 0 Å². The number of carbonyl (C=O) groups is 1. The van der Waals surface area contributed by atoms with Crippen molar-refractivity contribution in [3.63, 3.8) is 0 Å². The van der Waals surface area contributed by atoms with E-state index in [1.165, 1.54) is 7.11 Å². The van der Waals surface area contributed by atoms with E-state index in [-0.39, 0.29) is 5.56 Å². The number of methoxy groups -OCH3 is 1. The van der Waals surface area contributed by atoms with E-state index in [2.05, 4.69) is 16.9 Å². The van der Waals surface area contributed by atoms with E-state index in [9.17, 15) is 9.59 Å². The molecule has 0 amide bonds. The van der Waals surface area contributed by atoms with Gasteiger partial charge in [-0.05, 0) is 38.0 Å². The summed E-state index contributed by atoms with van der Waals surface area (Å²) in [7, 11) is 1.34. The van der Waals surface area contributed by atoms with Crippen LogP contribution >= 0.6 is 0 Å². The molecule has 2 heterocycles. The first kappa shape index (κ1) is 13.6. The van der Waals surface area contributed by atoms with Gasteiger partial charge in [0.2, 0.25) is 0 Å². The van der Waals surface area contributed by atoms with Crippen molar-refractivity contribution in [1.82, 2.24) is 9.97 Å². The molecule has 0 unspecified atom stereocenters. The van der Waals surface area contributed by atoms with Crippen molar-refractivity contribution in [1.29, 1.82) is 0 Å². The summed E-state index contributed by atoms with van der Waals surface area (Å²) in [6.45, 7) is 2.92. The van der Waals surface area contributed by atoms with Crippen molar-refractivity contribution >= 4 is 22.8 Å². The molecule has 1 aliphatic rings. The van der Waals surface area contributed by atoms with Crippen molar-refractivity contribution in [2.24, 2.45) is 0 Å². The van der Waals surface area contributed by atoms with Gasteiger partial charge in [-0.3, -0.25) is 4.79 Å². The van der Waals surface area contributed by atoms with Crippen molar-refractivity contribution in [3.8, 4) is 0 Å². The molecule has 1 aromatic carbocycles. The van der Waals surface area contributed by atoms with E-state index in [1.54, 1.807) is 18.2 Å². The lowest BCUT2D eigenvalue weighted by Gasteiger charge is -2.21. The molecule has 6 heteroatoms. The van der Waals surface area contributed by atoms with Crippen molar-refractivity contribution in [3.05, 3.63) is 34.1 Å². The minimum atomic E-state index is -0.416. The molecular formula is C15H17N3O3. The number of H-pyrrole nitrogens is 1. The minimum absolute atomic E-state index is 0.193. The highest BCUT2D eigenvalue weighted by atomic mass is 16.5. The predicted octanol–water partition coefficient (Wildman–Crippen LogP) is 1.70. The average Bonchev–Trinajstić information content (AvgIpc) is 2.91. The van der Waals surface area contributed by atoms with Crippen LogP contribution in [0.25, 0.3) is 11.0 Å². The highest BCUT2D eigenvalue weighted by molar-refractivity contribution is 5.93. The fraction of sp³-hybridized carbons (Fsp3) is 0.400. The molecular weight excluding hydrogens is 270 g/mol. The predicted molar refractivity (Wildman–Crippen MR) is 79.7 cm³/mol. The lowest BCUT2D eigenvalue weighted by atomic mass is 10.2. The number of esters is 1. The third-order valence-electron chi connectivity index (χ3n) is 3.92. The van der Waals surface area contributed by atoms with Crippen LogP contribution in [-0.4, -0.2) is 35.6 Å². The van der Waals surface area contributed by atoms with Gasteiger partial charge in [-0.2, -0.15) is 0 Å². The van der Waals surface area contributed by atoms with Crippen LogP contribution in [0.1, 0.15) is 30.1 Å². The van der Waals surface area contributed by atoms with E-state index >= 15 is 0 Å². The number of hydrogen-bond acceptors (Lipinski definition) is 5. The quantitative estimate of drug-likeness (QED) is 0.851. The van der Waals surface area contributed by atoms with Crippen LogP contribution in [0.4, 0.5) is 5.82 Å². The second-order valence-electron chi connectivity index (χ2n) is 5.30. The molecule has 1 N–H and O–H groups in total. The molecule has 6 nitrogen and oxygen atoms in total. The molecule has 110 valence electrons. The molecule has 0 spiro atoms. The Kier molecular flexibility index (Phi) is 3.37. The Morgan fingerprint density at radius 3 is 2.95 bits per heavy atom. The average molecular weight is 287 g/mol.